The van der Waals surface area contributed by atoms with Gasteiger partial charge in [0.2, 0.25) is 0 Å². The van der Waals surface area contributed by atoms with Crippen molar-refractivity contribution in [3.05, 3.63) is 56.8 Å². The summed E-state index contributed by atoms with van der Waals surface area (Å²) >= 11 is 8.64. The molecule has 2 nitrogen and oxygen atoms in total. The summed E-state index contributed by atoms with van der Waals surface area (Å²) in [6.07, 6.45) is 0. The minimum atomic E-state index is -0.949. The van der Waals surface area contributed by atoms with Gasteiger partial charge >= 0.3 is 0 Å². The fraction of sp³-hybridized carbons (Fsp3) is 0. The minimum Gasteiger partial charge on any atom is -0.349 e. The van der Waals surface area contributed by atoms with Crippen molar-refractivity contribution in [3.8, 4) is 6.07 Å². The van der Waals surface area contributed by atoms with E-state index in [2.05, 4.69) is 21.2 Å². The quantitative estimate of drug-likeness (QED) is 0.804. The van der Waals surface area contributed by atoms with E-state index in [1.54, 1.807) is 6.07 Å². The topological polar surface area (TPSA) is 35.8 Å². The average molecular weight is 362 g/mol. The molecule has 0 saturated carbocycles. The predicted octanol–water partition coefficient (Wildman–Crippen LogP) is 5.14. The molecule has 0 saturated heterocycles. The third-order valence-electron chi connectivity index (χ3n) is 2.47. The van der Waals surface area contributed by atoms with Crippen molar-refractivity contribution >= 4 is 38.9 Å². The Morgan fingerprint density at radius 3 is 2.50 bits per heavy atom. The number of anilines is 2. The van der Waals surface area contributed by atoms with E-state index in [1.165, 1.54) is 12.1 Å². The molecule has 1 N–H and O–H groups in total. The van der Waals surface area contributed by atoms with Crippen molar-refractivity contribution in [2.45, 2.75) is 0 Å². The zero-order chi connectivity index (χ0) is 14.9. The third-order valence-corrected chi connectivity index (χ3v) is 3.54. The summed E-state index contributed by atoms with van der Waals surface area (Å²) < 4.78 is 40.4. The van der Waals surface area contributed by atoms with Gasteiger partial charge in [-0.1, -0.05) is 11.6 Å². The number of nitrogens with zero attached hydrogens (tertiary/aromatic N) is 1. The Bertz CT molecular complexity index is 705. The fourth-order valence-electron chi connectivity index (χ4n) is 1.53. The number of halogens is 5. The van der Waals surface area contributed by atoms with Gasteiger partial charge in [0.15, 0.2) is 11.6 Å². The maximum atomic E-state index is 14.0. The van der Waals surface area contributed by atoms with Crippen LogP contribution in [0.1, 0.15) is 5.56 Å². The zero-order valence-electron chi connectivity index (χ0n) is 9.65. The van der Waals surface area contributed by atoms with E-state index >= 15 is 0 Å². The van der Waals surface area contributed by atoms with E-state index < -0.39 is 17.5 Å². The molecule has 2 aromatic carbocycles. The molecule has 7 heteroatoms. The first kappa shape index (κ1) is 14.7. The van der Waals surface area contributed by atoms with Gasteiger partial charge in [0.25, 0.3) is 0 Å². The normalized spacial score (nSPS) is 10.2. The van der Waals surface area contributed by atoms with E-state index in [-0.39, 0.29) is 26.4 Å². The van der Waals surface area contributed by atoms with Gasteiger partial charge in [-0.05, 0) is 34.1 Å². The number of nitriles is 1. The van der Waals surface area contributed by atoms with Crippen molar-refractivity contribution in [1.29, 1.82) is 5.26 Å². The number of hydrogen-bond donors (Lipinski definition) is 1. The minimum absolute atomic E-state index is 0.0522. The van der Waals surface area contributed by atoms with Crippen molar-refractivity contribution in [1.82, 2.24) is 0 Å². The second-order valence-electron chi connectivity index (χ2n) is 3.77. The molecule has 2 aromatic rings. The van der Waals surface area contributed by atoms with Crippen molar-refractivity contribution in [3.63, 3.8) is 0 Å². The van der Waals surface area contributed by atoms with Gasteiger partial charge in [-0.25, -0.2) is 13.2 Å². The van der Waals surface area contributed by atoms with Crippen LogP contribution in [0, 0.1) is 28.8 Å². The predicted molar refractivity (Wildman–Crippen MR) is 73.5 cm³/mol. The number of hydrogen-bond acceptors (Lipinski definition) is 2. The summed E-state index contributed by atoms with van der Waals surface area (Å²) in [5.41, 5.74) is -0.245. The van der Waals surface area contributed by atoms with Crippen LogP contribution in [-0.4, -0.2) is 0 Å². The van der Waals surface area contributed by atoms with Crippen LogP contribution in [-0.2, 0) is 0 Å². The Morgan fingerprint density at radius 2 is 1.90 bits per heavy atom. The molecule has 0 amide bonds. The molecule has 0 radical (unpaired) electrons. The van der Waals surface area contributed by atoms with Gasteiger partial charge in [-0.2, -0.15) is 5.26 Å². The van der Waals surface area contributed by atoms with Gasteiger partial charge in [-0.3, -0.25) is 0 Å². The van der Waals surface area contributed by atoms with Crippen LogP contribution in [0.25, 0.3) is 0 Å². The largest absolute Gasteiger partial charge is 0.349 e. The second-order valence-corrected chi connectivity index (χ2v) is 4.97. The van der Waals surface area contributed by atoms with E-state index in [0.717, 1.165) is 6.07 Å². The monoisotopic (exact) mass is 360 g/mol. The molecule has 0 heterocycles. The molecule has 0 fully saturated rings. The highest BCUT2D eigenvalue weighted by Crippen LogP contribution is 2.33. The van der Waals surface area contributed by atoms with Gasteiger partial charge in [-0.15, -0.1) is 0 Å². The lowest BCUT2D eigenvalue weighted by atomic mass is 10.2. The third kappa shape index (κ3) is 2.74. The van der Waals surface area contributed by atoms with Crippen LogP contribution < -0.4 is 5.32 Å². The van der Waals surface area contributed by atoms with Gasteiger partial charge in [0.1, 0.15) is 11.9 Å². The lowest BCUT2D eigenvalue weighted by Gasteiger charge is -2.11. The van der Waals surface area contributed by atoms with Crippen LogP contribution in [0.15, 0.2) is 28.7 Å². The summed E-state index contributed by atoms with van der Waals surface area (Å²) in [5.74, 6) is -2.56. The van der Waals surface area contributed by atoms with E-state index in [9.17, 15) is 13.2 Å². The van der Waals surface area contributed by atoms with E-state index in [1.807, 2.05) is 0 Å². The lowest BCUT2D eigenvalue weighted by molar-refractivity contribution is 0.585. The molecule has 2 rings (SSSR count). The second kappa shape index (κ2) is 5.73. The molecule has 0 aromatic heterocycles. The first-order valence-corrected chi connectivity index (χ1v) is 6.40. The highest BCUT2D eigenvalue weighted by Gasteiger charge is 2.15. The summed E-state index contributed by atoms with van der Waals surface area (Å²) in [6.45, 7) is 0. The van der Waals surface area contributed by atoms with Gasteiger partial charge < -0.3 is 5.32 Å². The Hall–Kier alpha value is -1.71. The Kier molecular flexibility index (Phi) is 4.21. The molecule has 0 unspecified atom stereocenters. The maximum Gasteiger partial charge on any atom is 0.162 e. The van der Waals surface area contributed by atoms with Crippen molar-refractivity contribution < 1.29 is 13.2 Å². The van der Waals surface area contributed by atoms with Gasteiger partial charge in [0.05, 0.1) is 26.4 Å². The van der Waals surface area contributed by atoms with Crippen molar-refractivity contribution in [2.24, 2.45) is 0 Å². The first-order chi connectivity index (χ1) is 9.43. The Labute approximate surface area is 125 Å². The molecule has 0 aliphatic heterocycles. The van der Waals surface area contributed by atoms with Gasteiger partial charge in [0, 0.05) is 6.07 Å². The highest BCUT2D eigenvalue weighted by atomic mass is 79.9. The molecule has 0 spiro atoms. The fourth-order valence-corrected chi connectivity index (χ4v) is 2.20. The van der Waals surface area contributed by atoms with Crippen LogP contribution in [0.3, 0.4) is 0 Å². The lowest BCUT2D eigenvalue weighted by Crippen LogP contribution is -1.99. The van der Waals surface area contributed by atoms with Crippen LogP contribution in [0.5, 0.6) is 0 Å². The zero-order valence-corrected chi connectivity index (χ0v) is 12.0. The summed E-state index contributed by atoms with van der Waals surface area (Å²) in [5, 5.41) is 11.0. The number of benzene rings is 2. The molecule has 102 valence electrons. The van der Waals surface area contributed by atoms with E-state index in [4.69, 9.17) is 16.9 Å². The summed E-state index contributed by atoms with van der Waals surface area (Å²) in [6, 6.07) is 5.94. The average Bonchev–Trinajstić information content (AvgIpc) is 2.38. The van der Waals surface area contributed by atoms with Crippen molar-refractivity contribution in [2.75, 3.05) is 5.32 Å². The Balaban J connectivity index is 2.47. The smallest absolute Gasteiger partial charge is 0.162 e. The molecule has 20 heavy (non-hydrogen) atoms. The molecule has 0 bridgehead atoms. The SMILES string of the molecule is N#Cc1ccc(Nc2c(F)cc(F)cc2Cl)c(F)c1Br. The van der Waals surface area contributed by atoms with Crippen LogP contribution in [0.2, 0.25) is 5.02 Å². The summed E-state index contributed by atoms with van der Waals surface area (Å²) in [7, 11) is 0. The van der Waals surface area contributed by atoms with E-state index in [0.29, 0.717) is 6.07 Å². The highest BCUT2D eigenvalue weighted by molar-refractivity contribution is 9.10. The van der Waals surface area contributed by atoms with Crippen LogP contribution >= 0.6 is 27.5 Å². The summed E-state index contributed by atoms with van der Waals surface area (Å²) in [4.78, 5) is 0. The molecule has 0 aliphatic carbocycles. The standard InChI is InChI=1S/C13H5BrClF3N2/c14-11-6(5-19)1-2-10(12(11)18)20-13-8(15)3-7(16)4-9(13)17/h1-4,20H. The molecular formula is C13H5BrClF3N2. The number of nitrogens with one attached hydrogen (secondary N) is 1. The first-order valence-electron chi connectivity index (χ1n) is 5.23. The maximum absolute atomic E-state index is 14.0. The number of rotatable bonds is 2. The molecule has 0 atom stereocenters. The molecular weight excluding hydrogens is 357 g/mol. The molecule has 0 aliphatic rings. The van der Waals surface area contributed by atoms with Crippen LogP contribution in [0.4, 0.5) is 24.5 Å². The Morgan fingerprint density at radius 1 is 1.20 bits per heavy atom.